The predicted octanol–water partition coefficient (Wildman–Crippen LogP) is 4.94. The van der Waals surface area contributed by atoms with E-state index in [0.717, 1.165) is 10.9 Å². The maximum absolute atomic E-state index is 13.2. The molecule has 0 radical (unpaired) electrons. The summed E-state index contributed by atoms with van der Waals surface area (Å²) >= 11 is 0. The first kappa shape index (κ1) is 29.0. The summed E-state index contributed by atoms with van der Waals surface area (Å²) in [5.74, 6) is -1.51. The average Bonchev–Trinajstić information content (AvgIpc) is 3.38. The summed E-state index contributed by atoms with van der Waals surface area (Å²) in [4.78, 5) is 55.8. The van der Waals surface area contributed by atoms with E-state index < -0.39 is 11.6 Å². The number of fused-ring (bicyclic) bond motifs is 2. The normalized spacial score (nSPS) is 16.1. The number of carboxylic acids is 1. The number of oxazole rings is 1. The summed E-state index contributed by atoms with van der Waals surface area (Å²) in [7, 11) is 0. The van der Waals surface area contributed by atoms with Crippen molar-refractivity contribution in [2.45, 2.75) is 19.8 Å². The number of rotatable bonds is 10. The Morgan fingerprint density at radius 1 is 0.930 bits per heavy atom. The molecule has 43 heavy (non-hydrogen) atoms. The monoisotopic (exact) mass is 579 g/mol. The van der Waals surface area contributed by atoms with Crippen LogP contribution in [0.4, 0.5) is 0 Å². The molecule has 0 unspecified atom stereocenters. The first-order valence-corrected chi connectivity index (χ1v) is 13.7. The van der Waals surface area contributed by atoms with Gasteiger partial charge in [0.05, 0.1) is 0 Å². The smallest absolute Gasteiger partial charge is 0.349 e. The lowest BCUT2D eigenvalue weighted by Crippen LogP contribution is -2.39. The minimum atomic E-state index is -0.943. The molecule has 2 aromatic carbocycles. The zero-order chi connectivity index (χ0) is 30.3. The van der Waals surface area contributed by atoms with Crippen molar-refractivity contribution in [1.82, 2.24) is 15.2 Å². The van der Waals surface area contributed by atoms with Gasteiger partial charge in [0.15, 0.2) is 5.58 Å². The number of hydrogen-bond acceptors (Lipinski definition) is 7. The summed E-state index contributed by atoms with van der Waals surface area (Å²) in [5.41, 5.74) is 2.59. The molecular weight excluding hydrogens is 550 g/mol. The fraction of sp³-hybridized carbons (Fsp3) is 0.182. The van der Waals surface area contributed by atoms with Crippen molar-refractivity contribution in [3.05, 3.63) is 112 Å². The van der Waals surface area contributed by atoms with Gasteiger partial charge >= 0.3 is 11.6 Å². The number of hydrogen-bond donors (Lipinski definition) is 2. The standard InChI is InChI=1S/C33H29N3O7/c1-21-11-12-23-19-25(33(41)43-28(23)18-21)31-35-26-20-24(13-14-27(26)42-31)30(39)34-15-17-36(16-7-10-29(37)38)32(40)22-8-5-3-2-4-6-9-22/h2-6,8-9,11-14,18-20H,7,10,15-17H2,1H3,(H,34,39)(H,37,38)/b3-2-,4-2?,5-3?,6-4-,8-5-,9-6?,22-8?,22-9+. The number of benzene rings is 2. The third kappa shape index (κ3) is 7.05. The molecule has 0 fully saturated rings. The molecule has 5 rings (SSSR count). The van der Waals surface area contributed by atoms with Gasteiger partial charge < -0.3 is 24.2 Å². The van der Waals surface area contributed by atoms with Crippen LogP contribution in [-0.4, -0.2) is 52.4 Å². The highest BCUT2D eigenvalue weighted by Gasteiger charge is 2.19. The number of aryl methyl sites for hydroxylation is 1. The molecule has 0 atom stereocenters. The SMILES string of the molecule is Cc1ccc2cc(-c3nc4cc(C(=O)NCCN(CCCC(=O)O)C(=O)C5=C/C=C\C=C/C=C\5)ccc4o3)c(=O)oc2c1. The summed E-state index contributed by atoms with van der Waals surface area (Å²) in [6.45, 7) is 2.46. The van der Waals surface area contributed by atoms with E-state index in [2.05, 4.69) is 10.3 Å². The molecule has 10 nitrogen and oxygen atoms in total. The zero-order valence-electron chi connectivity index (χ0n) is 23.4. The Bertz CT molecular complexity index is 1890. The van der Waals surface area contributed by atoms with Gasteiger partial charge in [-0.2, -0.15) is 0 Å². The van der Waals surface area contributed by atoms with Gasteiger partial charge in [-0.1, -0.05) is 42.5 Å². The van der Waals surface area contributed by atoms with E-state index in [1.54, 1.807) is 66.8 Å². The number of aromatic nitrogens is 1. The summed E-state index contributed by atoms with van der Waals surface area (Å²) in [5, 5.41) is 12.6. The van der Waals surface area contributed by atoms with Crippen molar-refractivity contribution in [3.63, 3.8) is 0 Å². The minimum Gasteiger partial charge on any atom is -0.481 e. The second-order valence-electron chi connectivity index (χ2n) is 9.99. The second-order valence-corrected chi connectivity index (χ2v) is 9.99. The Hall–Kier alpha value is -5.51. The number of nitrogens with one attached hydrogen (secondary N) is 1. The second kappa shape index (κ2) is 13.0. The van der Waals surface area contributed by atoms with Gasteiger partial charge in [0.2, 0.25) is 5.89 Å². The van der Waals surface area contributed by atoms with Crippen molar-refractivity contribution < 1.29 is 28.3 Å². The highest BCUT2D eigenvalue weighted by molar-refractivity contribution is 5.98. The molecule has 2 heterocycles. The third-order valence-electron chi connectivity index (χ3n) is 6.79. The van der Waals surface area contributed by atoms with E-state index in [0.29, 0.717) is 27.8 Å². The topological polar surface area (TPSA) is 143 Å². The number of aliphatic carboxylic acids is 1. The third-order valence-corrected chi connectivity index (χ3v) is 6.79. The van der Waals surface area contributed by atoms with Crippen molar-refractivity contribution in [2.75, 3.05) is 19.6 Å². The number of carboxylic acid groups (broad SMARTS) is 1. The maximum atomic E-state index is 13.2. The first-order chi connectivity index (χ1) is 20.8. The number of carbonyl (C=O) groups is 3. The summed E-state index contributed by atoms with van der Waals surface area (Å²) in [6.07, 6.45) is 12.5. The van der Waals surface area contributed by atoms with Crippen LogP contribution in [0.3, 0.4) is 0 Å². The Morgan fingerprint density at radius 3 is 2.58 bits per heavy atom. The Kier molecular flexibility index (Phi) is 8.76. The molecule has 0 spiro atoms. The number of nitrogens with zero attached hydrogens (tertiary/aromatic N) is 2. The molecule has 0 saturated heterocycles. The van der Waals surface area contributed by atoms with E-state index in [4.69, 9.17) is 13.9 Å². The highest BCUT2D eigenvalue weighted by atomic mass is 16.4. The molecule has 10 heteroatoms. The lowest BCUT2D eigenvalue weighted by Gasteiger charge is -2.23. The maximum Gasteiger partial charge on any atom is 0.349 e. The Balaban J connectivity index is 1.28. The lowest BCUT2D eigenvalue weighted by molar-refractivity contribution is -0.137. The summed E-state index contributed by atoms with van der Waals surface area (Å²) in [6, 6.07) is 12.0. The predicted molar refractivity (Wildman–Crippen MR) is 162 cm³/mol. The molecule has 218 valence electrons. The van der Waals surface area contributed by atoms with Gasteiger partial charge in [0, 0.05) is 42.6 Å². The molecule has 0 saturated carbocycles. The largest absolute Gasteiger partial charge is 0.481 e. The van der Waals surface area contributed by atoms with Crippen molar-refractivity contribution in [1.29, 1.82) is 0 Å². The minimum absolute atomic E-state index is 0.0752. The van der Waals surface area contributed by atoms with Crippen LogP contribution in [-0.2, 0) is 9.59 Å². The quantitative estimate of drug-likeness (QED) is 0.252. The molecule has 1 aliphatic rings. The first-order valence-electron chi connectivity index (χ1n) is 13.7. The van der Waals surface area contributed by atoms with Gasteiger partial charge in [-0.05, 0) is 61.4 Å². The highest BCUT2D eigenvalue weighted by Crippen LogP contribution is 2.26. The zero-order valence-corrected chi connectivity index (χ0v) is 23.4. The van der Waals surface area contributed by atoms with Gasteiger partial charge in [-0.25, -0.2) is 9.78 Å². The van der Waals surface area contributed by atoms with E-state index in [-0.39, 0.29) is 55.7 Å². The fourth-order valence-corrected chi connectivity index (χ4v) is 4.59. The van der Waals surface area contributed by atoms with E-state index in [1.807, 2.05) is 25.1 Å². The number of amides is 2. The summed E-state index contributed by atoms with van der Waals surface area (Å²) < 4.78 is 11.3. The van der Waals surface area contributed by atoms with E-state index in [1.165, 1.54) is 4.90 Å². The van der Waals surface area contributed by atoms with Gasteiger partial charge in [-0.15, -0.1) is 0 Å². The molecule has 1 aliphatic carbocycles. The van der Waals surface area contributed by atoms with Gasteiger partial charge in [0.25, 0.3) is 11.8 Å². The fourth-order valence-electron chi connectivity index (χ4n) is 4.59. The van der Waals surface area contributed by atoms with E-state index >= 15 is 0 Å². The van der Waals surface area contributed by atoms with Crippen LogP contribution >= 0.6 is 0 Å². The van der Waals surface area contributed by atoms with Crippen LogP contribution < -0.4 is 10.9 Å². The number of carbonyl (C=O) groups excluding carboxylic acids is 2. The Labute approximate surface area is 246 Å². The van der Waals surface area contributed by atoms with Crippen LogP contribution in [0, 0.1) is 6.92 Å². The molecule has 0 bridgehead atoms. The molecule has 0 aliphatic heterocycles. The van der Waals surface area contributed by atoms with Crippen molar-refractivity contribution in [2.24, 2.45) is 0 Å². The van der Waals surface area contributed by atoms with Crippen LogP contribution in [0.15, 0.2) is 104 Å². The van der Waals surface area contributed by atoms with Gasteiger partial charge in [-0.3, -0.25) is 14.4 Å². The molecule has 4 aromatic rings. The van der Waals surface area contributed by atoms with Crippen LogP contribution in [0.2, 0.25) is 0 Å². The van der Waals surface area contributed by atoms with E-state index in [9.17, 15) is 19.2 Å². The van der Waals surface area contributed by atoms with Crippen LogP contribution in [0.25, 0.3) is 33.5 Å². The van der Waals surface area contributed by atoms with Crippen molar-refractivity contribution in [3.8, 4) is 11.5 Å². The Morgan fingerprint density at radius 2 is 1.74 bits per heavy atom. The average molecular weight is 580 g/mol. The molecule has 2 amide bonds. The molecular formula is C33H29N3O7. The molecule has 2 aromatic heterocycles. The van der Waals surface area contributed by atoms with Crippen LogP contribution in [0.1, 0.15) is 28.8 Å². The lowest BCUT2D eigenvalue weighted by atomic mass is 10.1. The van der Waals surface area contributed by atoms with Crippen LogP contribution in [0.5, 0.6) is 0 Å². The van der Waals surface area contributed by atoms with Gasteiger partial charge in [0.1, 0.15) is 16.7 Å². The molecule has 2 N–H and O–H groups in total. The van der Waals surface area contributed by atoms with Crippen molar-refractivity contribution >= 4 is 39.9 Å². The number of allylic oxidation sites excluding steroid dienone is 6.